The average Bonchev–Trinajstić information content (AvgIpc) is 2.39. The van der Waals surface area contributed by atoms with E-state index in [1.54, 1.807) is 0 Å². The molecule has 0 saturated carbocycles. The van der Waals surface area contributed by atoms with Crippen molar-refractivity contribution in [1.82, 2.24) is 9.97 Å². The van der Waals surface area contributed by atoms with Crippen LogP contribution >= 0.6 is 11.6 Å². The van der Waals surface area contributed by atoms with Crippen LogP contribution in [0.2, 0.25) is 5.02 Å². The Morgan fingerprint density at radius 2 is 2.00 bits per heavy atom. The van der Waals surface area contributed by atoms with Gasteiger partial charge >= 0.3 is 0 Å². The molecule has 6 heteroatoms. The van der Waals surface area contributed by atoms with E-state index in [2.05, 4.69) is 15.3 Å². The minimum absolute atomic E-state index is 0.527. The molecule has 0 aliphatic heterocycles. The van der Waals surface area contributed by atoms with E-state index in [-0.39, 0.29) is 0 Å². The van der Waals surface area contributed by atoms with Gasteiger partial charge in [-0.1, -0.05) is 29.8 Å². The lowest BCUT2D eigenvalue weighted by molar-refractivity contribution is 1.03. The Bertz CT molecular complexity index is 571. The van der Waals surface area contributed by atoms with Gasteiger partial charge in [0.1, 0.15) is 12.0 Å². The quantitative estimate of drug-likeness (QED) is 0.898. The zero-order valence-corrected chi connectivity index (χ0v) is 11.6. The molecule has 2 aromatic rings. The number of hydrogen-bond donors (Lipinski definition) is 2. The Labute approximate surface area is 117 Å². The molecule has 0 spiro atoms. The first kappa shape index (κ1) is 13.4. The molecule has 0 amide bonds. The number of benzene rings is 1. The first-order valence-electron chi connectivity index (χ1n) is 5.84. The predicted octanol–water partition coefficient (Wildman–Crippen LogP) is 2.39. The molecule has 0 fully saturated rings. The second-order valence-corrected chi connectivity index (χ2v) is 4.71. The first-order valence-corrected chi connectivity index (χ1v) is 6.22. The number of rotatable bonds is 4. The number of hydrogen-bond acceptors (Lipinski definition) is 5. The van der Waals surface area contributed by atoms with E-state index in [1.165, 1.54) is 6.33 Å². The fourth-order valence-corrected chi connectivity index (χ4v) is 1.91. The summed E-state index contributed by atoms with van der Waals surface area (Å²) in [6.07, 6.45) is 1.49. The summed E-state index contributed by atoms with van der Waals surface area (Å²) in [4.78, 5) is 10.1. The Balaban J connectivity index is 2.16. The highest BCUT2D eigenvalue weighted by Gasteiger charge is 2.09. The van der Waals surface area contributed by atoms with Crippen LogP contribution in [0.5, 0.6) is 0 Å². The third-order valence-electron chi connectivity index (χ3n) is 2.69. The lowest BCUT2D eigenvalue weighted by Crippen LogP contribution is -2.15. The van der Waals surface area contributed by atoms with Gasteiger partial charge in [0.25, 0.3) is 0 Å². The van der Waals surface area contributed by atoms with Crippen LogP contribution < -0.4 is 16.0 Å². The summed E-state index contributed by atoms with van der Waals surface area (Å²) in [5.74, 6) is 1.30. The van der Waals surface area contributed by atoms with Gasteiger partial charge < -0.3 is 16.0 Å². The molecular formula is C13H16ClN5. The molecule has 1 aromatic carbocycles. The van der Waals surface area contributed by atoms with Crippen molar-refractivity contribution in [3.63, 3.8) is 0 Å². The number of halogens is 1. The van der Waals surface area contributed by atoms with Crippen molar-refractivity contribution in [2.75, 3.05) is 30.0 Å². The van der Waals surface area contributed by atoms with Crippen molar-refractivity contribution in [3.8, 4) is 0 Å². The van der Waals surface area contributed by atoms with Crippen LogP contribution in [0.4, 0.5) is 17.3 Å². The molecule has 0 radical (unpaired) electrons. The van der Waals surface area contributed by atoms with Crippen LogP contribution in [-0.2, 0) is 6.54 Å². The van der Waals surface area contributed by atoms with Gasteiger partial charge in [0.05, 0.1) is 0 Å². The topological polar surface area (TPSA) is 67.1 Å². The predicted molar refractivity (Wildman–Crippen MR) is 79.6 cm³/mol. The molecular weight excluding hydrogens is 262 g/mol. The molecule has 1 heterocycles. The lowest BCUT2D eigenvalue weighted by Gasteiger charge is -2.16. The largest absolute Gasteiger partial charge is 0.393 e. The normalized spacial score (nSPS) is 10.3. The van der Waals surface area contributed by atoms with Crippen molar-refractivity contribution >= 4 is 28.9 Å². The van der Waals surface area contributed by atoms with Crippen molar-refractivity contribution in [3.05, 3.63) is 41.2 Å². The smallest absolute Gasteiger partial charge is 0.156 e. The van der Waals surface area contributed by atoms with Gasteiger partial charge in [0.15, 0.2) is 11.6 Å². The summed E-state index contributed by atoms with van der Waals surface area (Å²) < 4.78 is 0. The van der Waals surface area contributed by atoms with Crippen molar-refractivity contribution in [2.45, 2.75) is 6.54 Å². The maximum atomic E-state index is 6.10. The first-order chi connectivity index (χ1) is 9.09. The SMILES string of the molecule is CN(C)c1ncnc(NCc2ccccc2Cl)c1N. The molecule has 3 N–H and O–H groups in total. The fourth-order valence-electron chi connectivity index (χ4n) is 1.70. The lowest BCUT2D eigenvalue weighted by atomic mass is 10.2. The Morgan fingerprint density at radius 3 is 2.68 bits per heavy atom. The molecule has 1 aromatic heterocycles. The minimum Gasteiger partial charge on any atom is -0.393 e. The van der Waals surface area contributed by atoms with E-state index in [0.717, 1.165) is 10.6 Å². The fraction of sp³-hybridized carbons (Fsp3) is 0.231. The summed E-state index contributed by atoms with van der Waals surface area (Å²) in [5.41, 5.74) is 7.55. The summed E-state index contributed by atoms with van der Waals surface area (Å²) in [5, 5.41) is 3.90. The van der Waals surface area contributed by atoms with Crippen LogP contribution in [0.25, 0.3) is 0 Å². The molecule has 0 aliphatic rings. The second-order valence-electron chi connectivity index (χ2n) is 4.30. The van der Waals surface area contributed by atoms with E-state index in [0.29, 0.717) is 23.9 Å². The van der Waals surface area contributed by atoms with Crippen LogP contribution in [0, 0.1) is 0 Å². The summed E-state index contributed by atoms with van der Waals surface area (Å²) in [6, 6.07) is 7.65. The van der Waals surface area contributed by atoms with Gasteiger partial charge in [-0.15, -0.1) is 0 Å². The number of nitrogens with zero attached hydrogens (tertiary/aromatic N) is 3. The van der Waals surface area contributed by atoms with E-state index in [4.69, 9.17) is 17.3 Å². The van der Waals surface area contributed by atoms with Crippen LogP contribution in [0.1, 0.15) is 5.56 Å². The highest BCUT2D eigenvalue weighted by molar-refractivity contribution is 6.31. The standard InChI is InChI=1S/C13H16ClN5/c1-19(2)13-11(15)12(17-8-18-13)16-7-9-5-3-4-6-10(9)14/h3-6,8H,7,15H2,1-2H3,(H,16,17,18). The molecule has 0 unspecified atom stereocenters. The monoisotopic (exact) mass is 277 g/mol. The molecule has 0 atom stereocenters. The molecule has 0 saturated heterocycles. The zero-order chi connectivity index (χ0) is 13.8. The number of nitrogens with two attached hydrogens (primary N) is 1. The van der Waals surface area contributed by atoms with E-state index < -0.39 is 0 Å². The number of anilines is 3. The van der Waals surface area contributed by atoms with Gasteiger partial charge in [0.2, 0.25) is 0 Å². The van der Waals surface area contributed by atoms with E-state index >= 15 is 0 Å². The number of nitrogen functional groups attached to an aromatic ring is 1. The zero-order valence-electron chi connectivity index (χ0n) is 10.9. The van der Waals surface area contributed by atoms with Gasteiger partial charge in [0, 0.05) is 25.7 Å². The van der Waals surface area contributed by atoms with E-state index in [9.17, 15) is 0 Å². The maximum absolute atomic E-state index is 6.10. The number of aromatic nitrogens is 2. The maximum Gasteiger partial charge on any atom is 0.156 e. The van der Waals surface area contributed by atoms with Gasteiger partial charge in [-0.25, -0.2) is 9.97 Å². The summed E-state index contributed by atoms with van der Waals surface area (Å²) >= 11 is 6.10. The molecule has 2 rings (SSSR count). The Kier molecular flexibility index (Phi) is 4.06. The third-order valence-corrected chi connectivity index (χ3v) is 3.06. The Morgan fingerprint density at radius 1 is 1.26 bits per heavy atom. The second kappa shape index (κ2) is 5.75. The summed E-state index contributed by atoms with van der Waals surface area (Å²) in [7, 11) is 3.77. The Hall–Kier alpha value is -2.01. The van der Waals surface area contributed by atoms with Gasteiger partial charge in [-0.2, -0.15) is 0 Å². The van der Waals surface area contributed by atoms with Crippen molar-refractivity contribution in [2.24, 2.45) is 0 Å². The molecule has 5 nitrogen and oxygen atoms in total. The molecule has 0 aliphatic carbocycles. The molecule has 0 bridgehead atoms. The number of nitrogens with one attached hydrogen (secondary N) is 1. The van der Waals surface area contributed by atoms with E-state index in [1.807, 2.05) is 43.3 Å². The molecule has 19 heavy (non-hydrogen) atoms. The minimum atomic E-state index is 0.527. The van der Waals surface area contributed by atoms with Gasteiger partial charge in [-0.05, 0) is 11.6 Å². The van der Waals surface area contributed by atoms with Crippen LogP contribution in [-0.4, -0.2) is 24.1 Å². The van der Waals surface area contributed by atoms with Crippen molar-refractivity contribution in [1.29, 1.82) is 0 Å². The molecule has 100 valence electrons. The average molecular weight is 278 g/mol. The van der Waals surface area contributed by atoms with Crippen LogP contribution in [0.3, 0.4) is 0 Å². The highest BCUT2D eigenvalue weighted by Crippen LogP contribution is 2.25. The van der Waals surface area contributed by atoms with Crippen molar-refractivity contribution < 1.29 is 0 Å². The van der Waals surface area contributed by atoms with Crippen LogP contribution in [0.15, 0.2) is 30.6 Å². The third kappa shape index (κ3) is 3.06. The van der Waals surface area contributed by atoms with Gasteiger partial charge in [-0.3, -0.25) is 0 Å². The summed E-state index contributed by atoms with van der Waals surface area (Å²) in [6.45, 7) is 0.563. The highest BCUT2D eigenvalue weighted by atomic mass is 35.5.